The Hall–Kier alpha value is -4.19. The van der Waals surface area contributed by atoms with Gasteiger partial charge in [-0.05, 0) is 40.8 Å². The third-order valence-corrected chi connectivity index (χ3v) is 6.25. The summed E-state index contributed by atoms with van der Waals surface area (Å²) < 4.78 is 5.19. The number of carbonyl (C=O) groups is 2. The van der Waals surface area contributed by atoms with E-state index in [4.69, 9.17) is 4.52 Å². The zero-order valence-corrected chi connectivity index (χ0v) is 19.1. The molecule has 1 aromatic heterocycles. The van der Waals surface area contributed by atoms with E-state index in [-0.39, 0.29) is 17.2 Å². The predicted octanol–water partition coefficient (Wildman–Crippen LogP) is 5.89. The average Bonchev–Trinajstić information content (AvgIpc) is 3.38. The van der Waals surface area contributed by atoms with E-state index in [0.29, 0.717) is 22.8 Å². The molecule has 4 aromatic rings. The van der Waals surface area contributed by atoms with Gasteiger partial charge in [0.1, 0.15) is 11.5 Å². The highest BCUT2D eigenvalue weighted by Crippen LogP contribution is 2.42. The minimum absolute atomic E-state index is 0.0261. The molecule has 3 aromatic carbocycles. The molecule has 5 rings (SSSR count). The average molecular weight is 453 g/mol. The maximum absolute atomic E-state index is 13.3. The number of hydrogen-bond donors (Lipinski definition) is 1. The summed E-state index contributed by atoms with van der Waals surface area (Å²) in [5, 5.41) is 17.3. The maximum atomic E-state index is 13.3. The van der Waals surface area contributed by atoms with Crippen LogP contribution in [0.15, 0.2) is 82.9 Å². The summed E-state index contributed by atoms with van der Waals surface area (Å²) in [7, 11) is 0. The molecule has 1 aliphatic heterocycles. The normalized spacial score (nSPS) is 17.8. The summed E-state index contributed by atoms with van der Waals surface area (Å²) in [5.74, 6) is -0.658. The lowest BCUT2D eigenvalue weighted by Crippen LogP contribution is -2.29. The Morgan fingerprint density at radius 1 is 0.971 bits per heavy atom. The second-order valence-electron chi connectivity index (χ2n) is 8.85. The van der Waals surface area contributed by atoms with Crippen LogP contribution < -0.4 is 4.90 Å². The highest BCUT2D eigenvalue weighted by molar-refractivity contribution is 6.51. The van der Waals surface area contributed by atoms with E-state index >= 15 is 0 Å². The number of anilines is 1. The number of benzene rings is 3. The summed E-state index contributed by atoms with van der Waals surface area (Å²) >= 11 is 0. The quantitative estimate of drug-likeness (QED) is 0.237. The number of fused-ring (bicyclic) bond motifs is 1. The van der Waals surface area contributed by atoms with Crippen molar-refractivity contribution in [3.8, 4) is 0 Å². The summed E-state index contributed by atoms with van der Waals surface area (Å²) in [6.45, 7) is 5.91. The smallest absolute Gasteiger partial charge is 0.301 e. The maximum Gasteiger partial charge on any atom is 0.301 e. The van der Waals surface area contributed by atoms with E-state index in [9.17, 15) is 14.7 Å². The molecule has 1 amide bonds. The Morgan fingerprint density at radius 3 is 2.32 bits per heavy atom. The Labute approximate surface area is 197 Å². The fourth-order valence-corrected chi connectivity index (χ4v) is 4.41. The number of carbonyl (C=O) groups excluding carboxylic acids is 2. The number of aliphatic hydroxyl groups is 1. The van der Waals surface area contributed by atoms with Gasteiger partial charge in [0.2, 0.25) is 0 Å². The van der Waals surface area contributed by atoms with Gasteiger partial charge < -0.3 is 9.63 Å². The summed E-state index contributed by atoms with van der Waals surface area (Å²) in [4.78, 5) is 27.7. The molecule has 1 saturated heterocycles. The Bertz CT molecular complexity index is 1450. The largest absolute Gasteiger partial charge is 0.507 e. The van der Waals surface area contributed by atoms with Crippen LogP contribution in [0.25, 0.3) is 16.5 Å². The zero-order chi connectivity index (χ0) is 24.0. The Kier molecular flexibility index (Phi) is 5.28. The van der Waals surface area contributed by atoms with Gasteiger partial charge in [-0.25, -0.2) is 0 Å². The minimum Gasteiger partial charge on any atom is -0.507 e. The van der Waals surface area contributed by atoms with E-state index in [1.807, 2.05) is 60.7 Å². The topological polar surface area (TPSA) is 83.6 Å². The lowest BCUT2D eigenvalue weighted by Gasteiger charge is -2.23. The fourth-order valence-electron chi connectivity index (χ4n) is 4.41. The number of nitrogens with zero attached hydrogens (tertiary/aromatic N) is 2. The zero-order valence-electron chi connectivity index (χ0n) is 19.1. The van der Waals surface area contributed by atoms with Crippen LogP contribution in [0.3, 0.4) is 0 Å². The molecule has 0 saturated carbocycles. The highest BCUT2D eigenvalue weighted by atomic mass is 16.5. The molecule has 0 unspecified atom stereocenters. The summed E-state index contributed by atoms with van der Waals surface area (Å²) in [6, 6.07) is 21.7. The van der Waals surface area contributed by atoms with Gasteiger partial charge in [-0.1, -0.05) is 79.7 Å². The van der Waals surface area contributed by atoms with E-state index in [1.165, 1.54) is 4.90 Å². The first-order valence-corrected chi connectivity index (χ1v) is 11.2. The number of Topliss-reactive ketones (excluding diaryl/α,β-unsaturated/α-hetero) is 1. The first kappa shape index (κ1) is 21.6. The number of amides is 1. The molecule has 1 aliphatic rings. The van der Waals surface area contributed by atoms with Gasteiger partial charge in [0, 0.05) is 11.6 Å². The standard InChI is InChI=1S/C28H24N2O4/c1-16(2)18-8-11-20(12-9-18)25-24(27(32)28(33)30(25)23-14-17(3)34-29-23)26(31)22-13-10-19-6-4-5-7-21(19)15-22/h4-16,25,31H,1-3H3/t25-/m1/s1. The van der Waals surface area contributed by atoms with Crippen molar-refractivity contribution in [2.24, 2.45) is 0 Å². The molecular weight excluding hydrogens is 428 g/mol. The molecule has 34 heavy (non-hydrogen) atoms. The van der Waals surface area contributed by atoms with E-state index < -0.39 is 17.7 Å². The van der Waals surface area contributed by atoms with Crippen LogP contribution in [0.5, 0.6) is 0 Å². The van der Waals surface area contributed by atoms with Gasteiger partial charge in [0.15, 0.2) is 5.82 Å². The van der Waals surface area contributed by atoms with Crippen molar-refractivity contribution >= 4 is 34.0 Å². The third kappa shape index (κ3) is 3.57. The van der Waals surface area contributed by atoms with Crippen molar-refractivity contribution in [2.45, 2.75) is 32.7 Å². The molecular formula is C28H24N2O4. The molecule has 1 fully saturated rings. The molecule has 6 nitrogen and oxygen atoms in total. The first-order chi connectivity index (χ1) is 16.3. The van der Waals surface area contributed by atoms with Crippen molar-refractivity contribution in [3.05, 3.63) is 101 Å². The number of aryl methyl sites for hydroxylation is 1. The first-order valence-electron chi connectivity index (χ1n) is 11.2. The van der Waals surface area contributed by atoms with Crippen LogP contribution in [-0.2, 0) is 9.59 Å². The number of aromatic nitrogens is 1. The van der Waals surface area contributed by atoms with E-state index in [1.54, 1.807) is 19.1 Å². The van der Waals surface area contributed by atoms with Gasteiger partial charge in [0.25, 0.3) is 5.78 Å². The Morgan fingerprint density at radius 2 is 1.68 bits per heavy atom. The molecule has 1 atom stereocenters. The van der Waals surface area contributed by atoms with Crippen molar-refractivity contribution < 1.29 is 19.2 Å². The van der Waals surface area contributed by atoms with E-state index in [2.05, 4.69) is 19.0 Å². The highest BCUT2D eigenvalue weighted by Gasteiger charge is 2.48. The molecule has 0 bridgehead atoms. The number of ketones is 1. The number of hydrogen-bond acceptors (Lipinski definition) is 5. The SMILES string of the molecule is Cc1cc(N2C(=O)C(=O)C(=C(O)c3ccc4ccccc4c3)[C@H]2c2ccc(C(C)C)cc2)no1. The molecule has 1 N–H and O–H groups in total. The van der Waals surface area contributed by atoms with Crippen LogP contribution in [0, 0.1) is 6.92 Å². The third-order valence-electron chi connectivity index (χ3n) is 6.25. The summed E-state index contributed by atoms with van der Waals surface area (Å²) in [5.41, 5.74) is 2.33. The molecule has 6 heteroatoms. The molecule has 170 valence electrons. The van der Waals surface area contributed by atoms with Crippen molar-refractivity contribution in [2.75, 3.05) is 4.90 Å². The van der Waals surface area contributed by atoms with Gasteiger partial charge >= 0.3 is 5.91 Å². The van der Waals surface area contributed by atoms with Crippen molar-refractivity contribution in [1.82, 2.24) is 5.16 Å². The number of rotatable bonds is 4. The minimum atomic E-state index is -0.836. The van der Waals surface area contributed by atoms with Gasteiger partial charge in [-0.2, -0.15) is 0 Å². The second kappa shape index (κ2) is 8.30. The van der Waals surface area contributed by atoms with Crippen LogP contribution in [0.1, 0.15) is 48.3 Å². The van der Waals surface area contributed by atoms with Crippen LogP contribution >= 0.6 is 0 Å². The van der Waals surface area contributed by atoms with Gasteiger partial charge in [-0.3, -0.25) is 14.5 Å². The monoisotopic (exact) mass is 452 g/mol. The van der Waals surface area contributed by atoms with Crippen molar-refractivity contribution in [1.29, 1.82) is 0 Å². The lowest BCUT2D eigenvalue weighted by atomic mass is 9.93. The molecule has 2 heterocycles. The predicted molar refractivity (Wildman–Crippen MR) is 131 cm³/mol. The van der Waals surface area contributed by atoms with Crippen LogP contribution in [0.2, 0.25) is 0 Å². The molecule has 0 spiro atoms. The van der Waals surface area contributed by atoms with E-state index in [0.717, 1.165) is 16.3 Å². The van der Waals surface area contributed by atoms with Crippen LogP contribution in [0.4, 0.5) is 5.82 Å². The second-order valence-corrected chi connectivity index (χ2v) is 8.85. The number of aliphatic hydroxyl groups excluding tert-OH is 1. The fraction of sp³-hybridized carbons (Fsp3) is 0.179. The summed E-state index contributed by atoms with van der Waals surface area (Å²) in [6.07, 6.45) is 0. The van der Waals surface area contributed by atoms with Crippen molar-refractivity contribution in [3.63, 3.8) is 0 Å². The Balaban J connectivity index is 1.70. The lowest BCUT2D eigenvalue weighted by molar-refractivity contribution is -0.132. The molecule has 0 radical (unpaired) electrons. The van der Waals surface area contributed by atoms with Crippen LogP contribution in [-0.4, -0.2) is 22.0 Å². The van der Waals surface area contributed by atoms with Gasteiger partial charge in [0.05, 0.1) is 11.6 Å². The molecule has 0 aliphatic carbocycles. The van der Waals surface area contributed by atoms with Gasteiger partial charge in [-0.15, -0.1) is 0 Å².